The first-order valence-corrected chi connectivity index (χ1v) is 14.5. The predicted octanol–water partition coefficient (Wildman–Crippen LogP) is 9.62. The lowest BCUT2D eigenvalue weighted by atomic mass is 10.1. The summed E-state index contributed by atoms with van der Waals surface area (Å²) in [7, 11) is 0. The van der Waals surface area contributed by atoms with E-state index in [1.54, 1.807) is 0 Å². The standard InChI is InChI=1S/C36H40N2O2/c1-3-5-7-25-39-33-17-13-29(14-18-33)9-11-31-21-23-37-35(27-31)36-28-32(22-24-38-36)12-10-30-15-19-34(20-16-30)40-26-8-6-4-2/h9-24,27-28H,3-8,25-26H2,1-2H3. The van der Waals surface area contributed by atoms with Gasteiger partial charge in [-0.3, -0.25) is 9.97 Å². The molecule has 0 unspecified atom stereocenters. The van der Waals surface area contributed by atoms with E-state index in [9.17, 15) is 0 Å². The van der Waals surface area contributed by atoms with Gasteiger partial charge in [0.05, 0.1) is 24.6 Å². The van der Waals surface area contributed by atoms with E-state index in [-0.39, 0.29) is 0 Å². The van der Waals surface area contributed by atoms with Gasteiger partial charge in [0, 0.05) is 12.4 Å². The fraction of sp³-hybridized carbons (Fsp3) is 0.278. The summed E-state index contributed by atoms with van der Waals surface area (Å²) in [6.45, 7) is 5.95. The summed E-state index contributed by atoms with van der Waals surface area (Å²) in [5, 5.41) is 0. The fourth-order valence-electron chi connectivity index (χ4n) is 4.20. The van der Waals surface area contributed by atoms with Crippen LogP contribution in [-0.2, 0) is 0 Å². The molecule has 0 aliphatic rings. The summed E-state index contributed by atoms with van der Waals surface area (Å²) in [5.74, 6) is 1.84. The van der Waals surface area contributed by atoms with Gasteiger partial charge in [0.2, 0.25) is 0 Å². The van der Waals surface area contributed by atoms with E-state index in [2.05, 4.69) is 84.5 Å². The SMILES string of the molecule is CCCCCOc1ccc(C=Cc2ccnc(-c3cc(C=Cc4ccc(OCCCCC)cc4)ccn3)c2)cc1. The zero-order chi connectivity index (χ0) is 27.8. The third kappa shape index (κ3) is 9.53. The maximum atomic E-state index is 5.82. The van der Waals surface area contributed by atoms with Gasteiger partial charge in [-0.25, -0.2) is 0 Å². The van der Waals surface area contributed by atoms with Crippen LogP contribution in [0.4, 0.5) is 0 Å². The first kappa shape index (κ1) is 28.8. The van der Waals surface area contributed by atoms with Gasteiger partial charge in [-0.2, -0.15) is 0 Å². The molecule has 0 atom stereocenters. The van der Waals surface area contributed by atoms with Crippen LogP contribution in [0.15, 0.2) is 85.2 Å². The van der Waals surface area contributed by atoms with Crippen molar-refractivity contribution >= 4 is 24.3 Å². The summed E-state index contributed by atoms with van der Waals surface area (Å²) in [6, 6.07) is 24.6. The van der Waals surface area contributed by atoms with Gasteiger partial charge in [0.25, 0.3) is 0 Å². The highest BCUT2D eigenvalue weighted by atomic mass is 16.5. The minimum atomic E-state index is 0.773. The van der Waals surface area contributed by atoms with Crippen molar-refractivity contribution in [2.45, 2.75) is 52.4 Å². The van der Waals surface area contributed by atoms with Crippen molar-refractivity contribution in [2.75, 3.05) is 13.2 Å². The zero-order valence-electron chi connectivity index (χ0n) is 23.8. The molecule has 0 aliphatic heterocycles. The largest absolute Gasteiger partial charge is 0.494 e. The van der Waals surface area contributed by atoms with Crippen molar-refractivity contribution in [2.24, 2.45) is 0 Å². The van der Waals surface area contributed by atoms with E-state index in [1.165, 1.54) is 25.7 Å². The molecule has 2 aromatic carbocycles. The lowest BCUT2D eigenvalue weighted by molar-refractivity contribution is 0.306. The topological polar surface area (TPSA) is 44.2 Å². The first-order chi connectivity index (χ1) is 19.7. The van der Waals surface area contributed by atoms with E-state index < -0.39 is 0 Å². The second kappa shape index (κ2) is 16.0. The van der Waals surface area contributed by atoms with E-state index in [4.69, 9.17) is 9.47 Å². The maximum absolute atomic E-state index is 5.82. The summed E-state index contributed by atoms with van der Waals surface area (Å²) < 4.78 is 11.6. The Hall–Kier alpha value is -4.18. The summed E-state index contributed by atoms with van der Waals surface area (Å²) >= 11 is 0. The molecule has 0 N–H and O–H groups in total. The van der Waals surface area contributed by atoms with Gasteiger partial charge in [-0.05, 0) is 83.6 Å². The average Bonchev–Trinajstić information content (AvgIpc) is 3.01. The second-order valence-electron chi connectivity index (χ2n) is 9.86. The Bertz CT molecular complexity index is 1250. The molecule has 206 valence electrons. The molecule has 0 aliphatic carbocycles. The highest BCUT2D eigenvalue weighted by Crippen LogP contribution is 2.21. The Labute approximate surface area is 239 Å². The van der Waals surface area contributed by atoms with Crippen molar-refractivity contribution in [1.29, 1.82) is 0 Å². The summed E-state index contributed by atoms with van der Waals surface area (Å²) in [4.78, 5) is 9.14. The lowest BCUT2D eigenvalue weighted by Crippen LogP contribution is -1.96. The number of aromatic nitrogens is 2. The van der Waals surface area contributed by atoms with E-state index in [0.29, 0.717) is 0 Å². The lowest BCUT2D eigenvalue weighted by Gasteiger charge is -2.06. The molecule has 0 radical (unpaired) electrons. The van der Waals surface area contributed by atoms with Crippen molar-refractivity contribution in [1.82, 2.24) is 9.97 Å². The number of hydrogen-bond donors (Lipinski definition) is 0. The van der Waals surface area contributed by atoms with Crippen LogP contribution in [0.3, 0.4) is 0 Å². The Balaban J connectivity index is 1.36. The number of nitrogens with zero attached hydrogens (tertiary/aromatic N) is 2. The first-order valence-electron chi connectivity index (χ1n) is 14.5. The summed E-state index contributed by atoms with van der Waals surface area (Å²) in [6.07, 6.45) is 19.1. The molecular weight excluding hydrogens is 492 g/mol. The molecule has 0 spiro atoms. The number of hydrogen-bond acceptors (Lipinski definition) is 4. The van der Waals surface area contributed by atoms with Crippen LogP contribution in [0, 0.1) is 0 Å². The number of pyridine rings is 2. The van der Waals surface area contributed by atoms with Gasteiger partial charge >= 0.3 is 0 Å². The van der Waals surface area contributed by atoms with Crippen LogP contribution >= 0.6 is 0 Å². The number of ether oxygens (including phenoxy) is 2. The third-order valence-corrected chi connectivity index (χ3v) is 6.56. The number of unbranched alkanes of at least 4 members (excludes halogenated alkanes) is 4. The highest BCUT2D eigenvalue weighted by molar-refractivity contribution is 5.74. The quantitative estimate of drug-likeness (QED) is 0.143. The molecule has 4 heteroatoms. The number of benzene rings is 2. The molecule has 2 aromatic heterocycles. The van der Waals surface area contributed by atoms with E-state index in [0.717, 1.165) is 71.2 Å². The third-order valence-electron chi connectivity index (χ3n) is 6.56. The minimum absolute atomic E-state index is 0.773. The van der Waals surface area contributed by atoms with Crippen LogP contribution in [0.2, 0.25) is 0 Å². The van der Waals surface area contributed by atoms with Crippen LogP contribution in [0.1, 0.15) is 74.6 Å². The fourth-order valence-corrected chi connectivity index (χ4v) is 4.20. The molecule has 0 saturated heterocycles. The average molecular weight is 533 g/mol. The van der Waals surface area contributed by atoms with Crippen LogP contribution in [-0.4, -0.2) is 23.2 Å². The predicted molar refractivity (Wildman–Crippen MR) is 168 cm³/mol. The normalized spacial score (nSPS) is 11.3. The minimum Gasteiger partial charge on any atom is -0.494 e. The molecule has 0 saturated carbocycles. The molecule has 4 nitrogen and oxygen atoms in total. The summed E-state index contributed by atoms with van der Waals surface area (Å²) in [5.41, 5.74) is 6.09. The second-order valence-corrected chi connectivity index (χ2v) is 9.86. The Morgan fingerprint density at radius 2 is 0.900 bits per heavy atom. The highest BCUT2D eigenvalue weighted by Gasteiger charge is 2.03. The van der Waals surface area contributed by atoms with Crippen molar-refractivity contribution < 1.29 is 9.47 Å². The molecule has 0 fully saturated rings. The molecule has 2 heterocycles. The van der Waals surface area contributed by atoms with E-state index >= 15 is 0 Å². The molecule has 0 bridgehead atoms. The van der Waals surface area contributed by atoms with Gasteiger partial charge < -0.3 is 9.47 Å². The molecule has 4 rings (SSSR count). The van der Waals surface area contributed by atoms with Gasteiger partial charge in [0.1, 0.15) is 11.5 Å². The van der Waals surface area contributed by atoms with Crippen LogP contribution < -0.4 is 9.47 Å². The molecule has 4 aromatic rings. The van der Waals surface area contributed by atoms with Crippen molar-refractivity contribution in [3.63, 3.8) is 0 Å². The monoisotopic (exact) mass is 532 g/mol. The van der Waals surface area contributed by atoms with Gasteiger partial charge in [0.15, 0.2) is 0 Å². The van der Waals surface area contributed by atoms with Gasteiger partial charge in [-0.15, -0.1) is 0 Å². The molecule has 0 amide bonds. The Morgan fingerprint density at radius 3 is 1.30 bits per heavy atom. The Kier molecular flexibility index (Phi) is 11.6. The van der Waals surface area contributed by atoms with Crippen LogP contribution in [0.25, 0.3) is 35.7 Å². The van der Waals surface area contributed by atoms with Gasteiger partial charge in [-0.1, -0.05) is 88.1 Å². The van der Waals surface area contributed by atoms with E-state index in [1.807, 2.05) is 48.8 Å². The number of rotatable bonds is 15. The molecule has 40 heavy (non-hydrogen) atoms. The maximum Gasteiger partial charge on any atom is 0.119 e. The zero-order valence-corrected chi connectivity index (χ0v) is 23.8. The van der Waals surface area contributed by atoms with Crippen molar-refractivity contribution in [3.8, 4) is 22.9 Å². The molecular formula is C36H40N2O2. The Morgan fingerprint density at radius 1 is 0.500 bits per heavy atom. The smallest absolute Gasteiger partial charge is 0.119 e. The van der Waals surface area contributed by atoms with Crippen LogP contribution in [0.5, 0.6) is 11.5 Å². The van der Waals surface area contributed by atoms with Crippen molar-refractivity contribution in [3.05, 3.63) is 107 Å².